The van der Waals surface area contributed by atoms with Crippen molar-refractivity contribution in [3.8, 4) is 0 Å². The normalized spacial score (nSPS) is 26.5. The molecule has 4 saturated carbocycles. The molecule has 236 valence electrons. The van der Waals surface area contributed by atoms with Gasteiger partial charge in [0, 0.05) is 36.3 Å². The smallest absolute Gasteiger partial charge is 0.407 e. The van der Waals surface area contributed by atoms with Crippen LogP contribution in [0.2, 0.25) is 0 Å². The number of amides is 3. The largest absolute Gasteiger partial charge is 0.458 e. The predicted molar refractivity (Wildman–Crippen MR) is 163 cm³/mol. The fourth-order valence-electron chi connectivity index (χ4n) is 7.40. The number of esters is 1. The van der Waals surface area contributed by atoms with E-state index < -0.39 is 23.7 Å². The van der Waals surface area contributed by atoms with Crippen molar-refractivity contribution < 1.29 is 28.7 Å². The van der Waals surface area contributed by atoms with Crippen LogP contribution in [0, 0.1) is 23.2 Å². The lowest BCUT2D eigenvalue weighted by atomic mass is 9.50. The number of aliphatic imine (C=N–C) groups is 1. The monoisotopic (exact) mass is 615 g/mol. The molecule has 3 amide bonds. The molecule has 0 aromatic carbocycles. The maximum absolute atomic E-state index is 13.0. The predicted octanol–water partition coefficient (Wildman–Crippen LogP) is 3.53. The Morgan fingerprint density at radius 1 is 1.09 bits per heavy atom. The van der Waals surface area contributed by atoms with Crippen LogP contribution >= 0.6 is 11.3 Å². The first-order valence-corrected chi connectivity index (χ1v) is 16.4. The van der Waals surface area contributed by atoms with Gasteiger partial charge in [-0.05, 0) is 102 Å². The van der Waals surface area contributed by atoms with Gasteiger partial charge in [0.05, 0.1) is 11.5 Å². The molecule has 5 aliphatic rings. The van der Waals surface area contributed by atoms with Crippen LogP contribution in [-0.4, -0.2) is 67.7 Å². The third-order valence-electron chi connectivity index (χ3n) is 8.76. The Morgan fingerprint density at radius 3 is 2.42 bits per heavy atom. The van der Waals surface area contributed by atoms with Crippen LogP contribution in [-0.2, 0) is 25.5 Å². The Morgan fingerprint density at radius 2 is 1.79 bits per heavy atom. The third-order valence-corrected chi connectivity index (χ3v) is 9.91. The van der Waals surface area contributed by atoms with E-state index in [9.17, 15) is 19.2 Å². The molecule has 0 radical (unpaired) electrons. The van der Waals surface area contributed by atoms with Gasteiger partial charge in [-0.15, -0.1) is 11.3 Å². The van der Waals surface area contributed by atoms with Crippen molar-refractivity contribution in [3.63, 3.8) is 0 Å². The molecule has 4 fully saturated rings. The number of nitrogens with zero attached hydrogens (tertiary/aromatic N) is 1. The molecular weight excluding hydrogens is 570 g/mol. The second kappa shape index (κ2) is 13.2. The van der Waals surface area contributed by atoms with Crippen LogP contribution in [0.1, 0.15) is 86.7 Å². The van der Waals surface area contributed by atoms with Crippen molar-refractivity contribution in [1.29, 1.82) is 0 Å². The maximum Gasteiger partial charge on any atom is 0.407 e. The summed E-state index contributed by atoms with van der Waals surface area (Å²) in [6, 6.07) is 2.40. The van der Waals surface area contributed by atoms with E-state index in [0.717, 1.165) is 54.9 Å². The number of thiophene rings is 1. The zero-order valence-corrected chi connectivity index (χ0v) is 26.3. The lowest BCUT2D eigenvalue weighted by molar-refractivity contribution is -0.157. The number of hydrogen-bond acceptors (Lipinski definition) is 9. The summed E-state index contributed by atoms with van der Waals surface area (Å²) in [6.07, 6.45) is 8.26. The first-order valence-electron chi connectivity index (χ1n) is 15.6. The first-order chi connectivity index (χ1) is 20.5. The Kier molecular flexibility index (Phi) is 9.63. The Labute approximate surface area is 257 Å². The zero-order chi connectivity index (χ0) is 30.6. The number of alkyl carbamates (subject to hydrolysis) is 1. The van der Waals surface area contributed by atoms with Gasteiger partial charge in [-0.3, -0.25) is 19.9 Å². The highest BCUT2D eigenvalue weighted by molar-refractivity contribution is 7.14. The summed E-state index contributed by atoms with van der Waals surface area (Å²) >= 11 is 1.28. The van der Waals surface area contributed by atoms with Gasteiger partial charge in [-0.2, -0.15) is 0 Å². The molecule has 0 spiro atoms. The van der Waals surface area contributed by atoms with E-state index in [0.29, 0.717) is 30.4 Å². The number of hydrogen-bond donors (Lipinski definition) is 4. The summed E-state index contributed by atoms with van der Waals surface area (Å²) in [6.45, 7) is 6.94. The highest BCUT2D eigenvalue weighted by Crippen LogP contribution is 2.60. The van der Waals surface area contributed by atoms with Crippen LogP contribution < -0.4 is 21.3 Å². The quantitative estimate of drug-likeness (QED) is 0.295. The molecule has 0 saturated heterocycles. The SMILES string of the molecule is CC(C)(C)OC(=O)C(CNC(=O)c1ccc(CCC(=O)NC2=NCCCN2)s1)NC(=O)OCC12CC3CC(CC(C3)C1)C2. The van der Waals surface area contributed by atoms with Crippen LogP contribution in [0.25, 0.3) is 0 Å². The zero-order valence-electron chi connectivity index (χ0n) is 25.5. The van der Waals surface area contributed by atoms with Gasteiger partial charge in [0.25, 0.3) is 5.91 Å². The van der Waals surface area contributed by atoms with Gasteiger partial charge in [0.2, 0.25) is 5.91 Å². The van der Waals surface area contributed by atoms with E-state index >= 15 is 0 Å². The molecule has 12 heteroatoms. The topological polar surface area (TPSA) is 147 Å². The molecule has 2 heterocycles. The van der Waals surface area contributed by atoms with Crippen LogP contribution in [0.4, 0.5) is 4.79 Å². The van der Waals surface area contributed by atoms with E-state index in [1.807, 2.05) is 6.07 Å². The van der Waals surface area contributed by atoms with Crippen molar-refractivity contribution in [2.24, 2.45) is 28.2 Å². The molecule has 1 unspecified atom stereocenters. The number of rotatable bonds is 10. The van der Waals surface area contributed by atoms with Crippen molar-refractivity contribution >= 4 is 41.2 Å². The number of aryl methyl sites for hydroxylation is 1. The Balaban J connectivity index is 1.11. The van der Waals surface area contributed by atoms with E-state index in [1.54, 1.807) is 26.8 Å². The molecule has 11 nitrogen and oxygen atoms in total. The van der Waals surface area contributed by atoms with Gasteiger partial charge in [-0.1, -0.05) is 0 Å². The Hall–Kier alpha value is -3.15. The highest BCUT2D eigenvalue weighted by atomic mass is 32.1. The average molecular weight is 616 g/mol. The average Bonchev–Trinajstić information content (AvgIpc) is 3.41. The minimum absolute atomic E-state index is 0.0558. The van der Waals surface area contributed by atoms with Gasteiger partial charge in [0.1, 0.15) is 11.6 Å². The van der Waals surface area contributed by atoms with Crippen molar-refractivity contribution in [1.82, 2.24) is 21.3 Å². The van der Waals surface area contributed by atoms with Gasteiger partial charge in [-0.25, -0.2) is 9.59 Å². The molecule has 4 bridgehead atoms. The molecule has 43 heavy (non-hydrogen) atoms. The summed E-state index contributed by atoms with van der Waals surface area (Å²) in [5.74, 6) is 1.57. The van der Waals surface area contributed by atoms with Gasteiger partial charge in [0.15, 0.2) is 5.96 Å². The molecule has 6 rings (SSSR count). The number of ether oxygens (including phenoxy) is 2. The maximum atomic E-state index is 13.0. The number of guanidine groups is 1. The fourth-order valence-corrected chi connectivity index (χ4v) is 8.32. The summed E-state index contributed by atoms with van der Waals surface area (Å²) in [5.41, 5.74) is -0.709. The van der Waals surface area contributed by atoms with Crippen molar-refractivity contribution in [2.45, 2.75) is 90.2 Å². The van der Waals surface area contributed by atoms with Crippen LogP contribution in [0.3, 0.4) is 0 Å². The molecule has 1 aromatic rings. The lowest BCUT2D eigenvalue weighted by Gasteiger charge is -2.56. The molecule has 1 atom stereocenters. The summed E-state index contributed by atoms with van der Waals surface area (Å²) in [7, 11) is 0. The molecule has 1 aliphatic heterocycles. The summed E-state index contributed by atoms with van der Waals surface area (Å²) in [5, 5.41) is 11.2. The van der Waals surface area contributed by atoms with Gasteiger partial charge < -0.3 is 25.4 Å². The second-order valence-electron chi connectivity index (χ2n) is 13.8. The summed E-state index contributed by atoms with van der Waals surface area (Å²) < 4.78 is 11.2. The molecule has 1 aromatic heterocycles. The van der Waals surface area contributed by atoms with Gasteiger partial charge >= 0.3 is 12.1 Å². The number of nitrogens with one attached hydrogen (secondary N) is 4. The number of carbonyl (C=O) groups is 4. The minimum Gasteiger partial charge on any atom is -0.458 e. The minimum atomic E-state index is -1.11. The van der Waals surface area contributed by atoms with Crippen molar-refractivity contribution in [2.75, 3.05) is 26.2 Å². The lowest BCUT2D eigenvalue weighted by Crippen LogP contribution is -2.52. The highest BCUT2D eigenvalue weighted by Gasteiger charge is 2.51. The van der Waals surface area contributed by atoms with E-state index in [4.69, 9.17) is 9.47 Å². The van der Waals surface area contributed by atoms with E-state index in [1.165, 1.54) is 30.6 Å². The molecular formula is C31H45N5O6S. The second-order valence-corrected chi connectivity index (χ2v) is 14.9. The van der Waals surface area contributed by atoms with Crippen LogP contribution in [0.5, 0.6) is 0 Å². The molecule has 4 N–H and O–H groups in total. The fraction of sp³-hybridized carbons (Fsp3) is 0.710. The van der Waals surface area contributed by atoms with E-state index in [-0.39, 0.29) is 30.2 Å². The van der Waals surface area contributed by atoms with E-state index in [2.05, 4.69) is 26.3 Å². The van der Waals surface area contributed by atoms with Crippen LogP contribution in [0.15, 0.2) is 17.1 Å². The molecule has 4 aliphatic carbocycles. The summed E-state index contributed by atoms with van der Waals surface area (Å²) in [4.78, 5) is 56.6. The standard InChI is InChI=1S/C31H45N5O6S/c1-30(2,3)42-27(39)23(35-29(40)41-18-31-14-19-11-20(15-31)13-21(12-19)16-31)17-34-26(38)24-7-5-22(43-24)6-8-25(37)36-28-32-9-4-10-33-28/h5,7,19-21,23H,4,6,8-18H2,1-3H3,(H,34,38)(H,35,40)(H2,32,33,36,37). The third kappa shape index (κ3) is 8.70. The van der Waals surface area contributed by atoms with Crippen molar-refractivity contribution in [3.05, 3.63) is 21.9 Å². The number of carbonyl (C=O) groups excluding carboxylic acids is 4. The Bertz CT molecular complexity index is 1200. The first kappa shape index (κ1) is 31.3.